The minimum absolute atomic E-state index is 0.132. The Morgan fingerprint density at radius 2 is 1.69 bits per heavy atom. The average molecular weight is 606 g/mol. The van der Waals surface area contributed by atoms with Gasteiger partial charge in [0.1, 0.15) is 17.5 Å². The molecule has 0 heterocycles. The molecule has 0 aliphatic heterocycles. The monoisotopic (exact) mass is 605 g/mol. The van der Waals surface area contributed by atoms with Gasteiger partial charge in [0.15, 0.2) is 18.1 Å². The number of hydrogen-bond acceptors (Lipinski definition) is 5. The molecule has 39 heavy (non-hydrogen) atoms. The van der Waals surface area contributed by atoms with Crippen LogP contribution >= 0.6 is 15.9 Å². The van der Waals surface area contributed by atoms with Crippen LogP contribution in [0.15, 0.2) is 70.7 Å². The Kier molecular flexibility index (Phi) is 9.68. The number of nitrogens with one attached hydrogen (secondary N) is 2. The predicted octanol–water partition coefficient (Wildman–Crippen LogP) is 6.57. The van der Waals surface area contributed by atoms with Crippen LogP contribution in [-0.4, -0.2) is 25.0 Å². The number of carbonyl (C=O) groups excluding carboxylic acids is 2. The summed E-state index contributed by atoms with van der Waals surface area (Å²) >= 11 is 3.32. The molecule has 7 nitrogen and oxygen atoms in total. The highest BCUT2D eigenvalue weighted by Gasteiger charge is 2.30. The summed E-state index contributed by atoms with van der Waals surface area (Å²) in [7, 11) is 0. The van der Waals surface area contributed by atoms with E-state index in [4.69, 9.17) is 9.47 Å². The van der Waals surface area contributed by atoms with Crippen LogP contribution < -0.4 is 20.1 Å². The van der Waals surface area contributed by atoms with Crippen LogP contribution in [0.5, 0.6) is 11.5 Å². The van der Waals surface area contributed by atoms with Crippen molar-refractivity contribution in [1.82, 2.24) is 0 Å². The summed E-state index contributed by atoms with van der Waals surface area (Å²) in [6.45, 7) is 1.54. The lowest BCUT2D eigenvalue weighted by Gasteiger charge is -2.14. The third-order valence-corrected chi connectivity index (χ3v) is 5.65. The largest absolute Gasteiger partial charge is 0.490 e. The van der Waals surface area contributed by atoms with Gasteiger partial charge in [-0.2, -0.15) is 18.4 Å². The van der Waals surface area contributed by atoms with E-state index < -0.39 is 36.0 Å². The molecule has 202 valence electrons. The molecule has 0 atom stereocenters. The summed E-state index contributed by atoms with van der Waals surface area (Å²) in [5.41, 5.74) is -0.758. The first kappa shape index (κ1) is 29.2. The molecule has 3 aromatic rings. The van der Waals surface area contributed by atoms with E-state index in [1.807, 2.05) is 0 Å². The van der Waals surface area contributed by atoms with Gasteiger partial charge in [-0.3, -0.25) is 9.59 Å². The molecule has 12 heteroatoms. The van der Waals surface area contributed by atoms with Crippen molar-refractivity contribution in [3.05, 3.63) is 87.7 Å². The van der Waals surface area contributed by atoms with Gasteiger partial charge in [0, 0.05) is 15.8 Å². The van der Waals surface area contributed by atoms with Crippen molar-refractivity contribution in [2.24, 2.45) is 0 Å². The number of hydrogen-bond donors (Lipinski definition) is 2. The number of ether oxygens (including phenoxy) is 2. The van der Waals surface area contributed by atoms with Crippen LogP contribution in [-0.2, 0) is 15.8 Å². The second kappa shape index (κ2) is 12.9. The number of benzene rings is 3. The summed E-state index contributed by atoms with van der Waals surface area (Å²) in [5, 5.41) is 14.4. The van der Waals surface area contributed by atoms with E-state index in [9.17, 15) is 32.4 Å². The molecule has 0 fully saturated rings. The van der Waals surface area contributed by atoms with Gasteiger partial charge in [0.05, 0.1) is 12.2 Å². The zero-order valence-corrected chi connectivity index (χ0v) is 21.8. The van der Waals surface area contributed by atoms with Gasteiger partial charge in [0.25, 0.3) is 11.8 Å². The number of amides is 2. The molecule has 0 spiro atoms. The maximum Gasteiger partial charge on any atom is 0.416 e. The first-order chi connectivity index (χ1) is 18.5. The number of alkyl halides is 3. The van der Waals surface area contributed by atoms with Gasteiger partial charge in [-0.1, -0.05) is 22.0 Å². The lowest BCUT2D eigenvalue weighted by atomic mass is 10.1. The maximum absolute atomic E-state index is 13.0. The zero-order chi connectivity index (χ0) is 28.6. The topological polar surface area (TPSA) is 100 Å². The lowest BCUT2D eigenvalue weighted by molar-refractivity contribution is -0.137. The van der Waals surface area contributed by atoms with E-state index in [0.717, 1.165) is 18.2 Å². The molecule has 0 saturated carbocycles. The zero-order valence-electron chi connectivity index (χ0n) is 20.2. The smallest absolute Gasteiger partial charge is 0.416 e. The number of nitriles is 1. The Morgan fingerprint density at radius 1 is 1.00 bits per heavy atom. The van der Waals surface area contributed by atoms with Crippen LogP contribution in [0.3, 0.4) is 0 Å². The van der Waals surface area contributed by atoms with E-state index in [1.54, 1.807) is 13.0 Å². The number of halogens is 5. The fourth-order valence-corrected chi connectivity index (χ4v) is 3.63. The highest BCUT2D eigenvalue weighted by Crippen LogP contribution is 2.35. The molecular formula is C27H20BrF4N3O4. The van der Waals surface area contributed by atoms with Gasteiger partial charge < -0.3 is 20.1 Å². The van der Waals surface area contributed by atoms with Crippen molar-refractivity contribution in [3.8, 4) is 17.6 Å². The van der Waals surface area contributed by atoms with Gasteiger partial charge in [-0.25, -0.2) is 4.39 Å². The molecule has 2 N–H and O–H groups in total. The maximum atomic E-state index is 13.0. The second-order valence-corrected chi connectivity index (χ2v) is 8.65. The quantitative estimate of drug-likeness (QED) is 0.163. The van der Waals surface area contributed by atoms with Gasteiger partial charge in [-0.15, -0.1) is 0 Å². The normalized spacial score (nSPS) is 11.4. The van der Waals surface area contributed by atoms with Gasteiger partial charge in [0.2, 0.25) is 0 Å². The van der Waals surface area contributed by atoms with E-state index in [2.05, 4.69) is 26.6 Å². The summed E-state index contributed by atoms with van der Waals surface area (Å²) in [6.07, 6.45) is -3.37. The van der Waals surface area contributed by atoms with E-state index in [-0.39, 0.29) is 29.4 Å². The molecule has 2 amide bonds. The van der Waals surface area contributed by atoms with E-state index in [0.29, 0.717) is 15.7 Å². The number of nitrogens with zero attached hydrogens (tertiary/aromatic N) is 1. The van der Waals surface area contributed by atoms with Crippen molar-refractivity contribution >= 4 is 45.2 Å². The Hall–Kier alpha value is -4.37. The van der Waals surface area contributed by atoms with Crippen LogP contribution in [0.4, 0.5) is 28.9 Å². The minimum atomic E-state index is -4.60. The molecule has 0 radical (unpaired) electrons. The second-order valence-electron chi connectivity index (χ2n) is 7.80. The predicted molar refractivity (Wildman–Crippen MR) is 139 cm³/mol. The van der Waals surface area contributed by atoms with E-state index >= 15 is 0 Å². The van der Waals surface area contributed by atoms with Crippen LogP contribution in [0.2, 0.25) is 0 Å². The lowest BCUT2D eigenvalue weighted by Crippen LogP contribution is -2.20. The SMILES string of the molecule is CCOc1cc(/C=C(/C#N)C(=O)Nc2cccc(C(F)(F)F)c2)c(Br)cc1OCC(=O)Nc1ccc(F)cc1. The standard InChI is InChI=1S/C27H20BrF4N3O4/c1-2-38-23-11-16(10-17(14-33)26(37)35-21-5-3-4-18(12-21)27(30,31)32)22(28)13-24(23)39-15-25(36)34-20-8-6-19(29)7-9-20/h3-13H,2,15H2,1H3,(H,34,36)(H,35,37)/b17-10-. The third kappa shape index (κ3) is 8.31. The van der Waals surface area contributed by atoms with Crippen LogP contribution in [0, 0.1) is 17.1 Å². The Labute approximate surface area is 229 Å². The van der Waals surface area contributed by atoms with Crippen molar-refractivity contribution in [2.75, 3.05) is 23.8 Å². The number of carbonyl (C=O) groups is 2. The van der Waals surface area contributed by atoms with Gasteiger partial charge in [-0.05, 0) is 73.2 Å². The Balaban J connectivity index is 1.77. The molecule has 0 saturated heterocycles. The molecular weight excluding hydrogens is 586 g/mol. The Bertz CT molecular complexity index is 1430. The fraction of sp³-hybridized carbons (Fsp3) is 0.148. The van der Waals surface area contributed by atoms with E-state index in [1.165, 1.54) is 48.5 Å². The van der Waals surface area contributed by atoms with Crippen molar-refractivity contribution in [1.29, 1.82) is 5.26 Å². The average Bonchev–Trinajstić information content (AvgIpc) is 2.89. The van der Waals surface area contributed by atoms with Crippen molar-refractivity contribution in [2.45, 2.75) is 13.1 Å². The molecule has 3 rings (SSSR count). The van der Waals surface area contributed by atoms with Crippen LogP contribution in [0.25, 0.3) is 6.08 Å². The highest BCUT2D eigenvalue weighted by atomic mass is 79.9. The van der Waals surface area contributed by atoms with Crippen molar-refractivity contribution in [3.63, 3.8) is 0 Å². The van der Waals surface area contributed by atoms with Gasteiger partial charge >= 0.3 is 6.18 Å². The molecule has 0 aliphatic rings. The van der Waals surface area contributed by atoms with Crippen molar-refractivity contribution < 1.29 is 36.6 Å². The molecule has 0 bridgehead atoms. The molecule has 0 aliphatic carbocycles. The fourth-order valence-electron chi connectivity index (χ4n) is 3.19. The summed E-state index contributed by atoms with van der Waals surface area (Å²) in [4.78, 5) is 24.9. The third-order valence-electron chi connectivity index (χ3n) is 4.96. The van der Waals surface area contributed by atoms with Crippen LogP contribution in [0.1, 0.15) is 18.1 Å². The first-order valence-corrected chi connectivity index (χ1v) is 12.0. The molecule has 0 aromatic heterocycles. The number of anilines is 2. The minimum Gasteiger partial charge on any atom is -0.490 e. The first-order valence-electron chi connectivity index (χ1n) is 11.2. The molecule has 0 unspecified atom stereocenters. The summed E-state index contributed by atoms with van der Waals surface area (Å²) in [6, 6.07) is 13.9. The number of rotatable bonds is 9. The summed E-state index contributed by atoms with van der Waals surface area (Å²) < 4.78 is 63.5. The Morgan fingerprint density at radius 3 is 2.33 bits per heavy atom. The summed E-state index contributed by atoms with van der Waals surface area (Å²) in [5.74, 6) is -1.49. The molecule has 3 aromatic carbocycles. The highest BCUT2D eigenvalue weighted by molar-refractivity contribution is 9.10.